The van der Waals surface area contributed by atoms with Gasteiger partial charge in [-0.3, -0.25) is 44.8 Å². The van der Waals surface area contributed by atoms with Crippen LogP contribution in [0.25, 0.3) is 184 Å². The van der Waals surface area contributed by atoms with Crippen LogP contribution in [0.1, 0.15) is 172 Å². The zero-order chi connectivity index (χ0) is 105. The number of imidazole rings is 10. The third kappa shape index (κ3) is 10.9. The fraction of sp³-hybridized carbons (Fsp3) is 0.275. The number of aromatic nitrogens is 19. The molecule has 0 saturated carbocycles. The molecule has 0 bridgehead atoms. The van der Waals surface area contributed by atoms with Crippen LogP contribution in [-0.4, -0.2) is 104 Å². The van der Waals surface area contributed by atoms with E-state index < -0.39 is 37.3 Å². The molecule has 0 radical (unpaired) electrons. The largest absolute Gasteiger partial charge is 0.415 e. The SMILES string of the molecule is Cc1c[n+](C)c2c(c1C)C(C)(C)n1c3c-2c(C)ccc3n2c3ccccc3nc12.Cc1c[n+](C)c2c(c1C)C(C)(C)n1c3c-2c(C)ccc3n2c3ccccc3nc12.[2H]C([2H])([2H])[N+]1=CC2[N+](=C1C)c1c(C)ccc3c1n(c1nc4ccccc4n31)C2(C)C.[2H]C([2H])([2H])c1cc2c([n+](C)c1)-c1c(C)ccc3c1n(c1nc4ccccc4n31)C2(C)C.[2H]C([2H])([2H])c1ccc2c([n+]1C)-c1c(C)ccc3c1n(c1nc4ccccc4n31)C2(C)C. The van der Waals surface area contributed by atoms with Gasteiger partial charge in [-0.05, 0) is 275 Å². The van der Waals surface area contributed by atoms with Crippen molar-refractivity contribution in [3.05, 3.63) is 302 Å². The van der Waals surface area contributed by atoms with Crippen molar-refractivity contribution in [3.8, 4) is 45.0 Å². The maximum atomic E-state index is 8.02. The Bertz CT molecular complexity index is 10100. The molecule has 21 nitrogen and oxygen atoms in total. The van der Waals surface area contributed by atoms with Crippen LogP contribution in [0.2, 0.25) is 0 Å². The molecule has 20 heterocycles. The van der Waals surface area contributed by atoms with Gasteiger partial charge >= 0.3 is 5.84 Å². The second-order valence-electron chi connectivity index (χ2n) is 42.9. The molecule has 0 saturated heterocycles. The van der Waals surface area contributed by atoms with Crippen molar-refractivity contribution in [1.82, 2.24) is 69.8 Å². The normalized spacial score (nSPS) is 17.2. The molecule has 698 valence electrons. The van der Waals surface area contributed by atoms with Gasteiger partial charge in [0.25, 0.3) is 6.04 Å². The standard InChI is InChI=1S/2C25H25N4.2C24H23N4.C22H23N5/c2*1-14-11-12-19-22-20(14)23-21(16(3)15(2)13-27(23)6)25(4,5)29(22)24-26-17-9-7-8-10-18(17)28(19)24;1-14-10-13-19-22-20(14)21-16(12-11-15(2)26(21)5)24(3,4)28(22)23-25-17-8-6-7-9-18(17)27(19)23;1-14-12-16-21(26(5)13-14)20-15(2)10-11-19-22(20)28(24(16,3)4)23-25-17-8-6-7-9-18(17)27(19)23;1-13-10-11-17-20-19(13)25-14(2)24(5)12-18(25)22(3,4)27(20)21-23-15-8-6-7-9-16(15)26(17)21/h2*7-13H,1-6H3;2*6-13H,1-5H3;6-12,18H,1-5H3/q4*+1;+2/i;;2D3;1D3;5D3. The van der Waals surface area contributed by atoms with Crippen molar-refractivity contribution >= 4 is 157 Å². The van der Waals surface area contributed by atoms with E-state index in [-0.39, 0.29) is 17.1 Å². The highest BCUT2D eigenvalue weighted by atomic mass is 15.4. The lowest BCUT2D eigenvalue weighted by Gasteiger charge is -2.35. The summed E-state index contributed by atoms with van der Waals surface area (Å²) in [5, 5.41) is 0. The van der Waals surface area contributed by atoms with Gasteiger partial charge in [0.15, 0.2) is 24.3 Å². The van der Waals surface area contributed by atoms with E-state index in [1.165, 1.54) is 105 Å². The number of hydrogen-bond donors (Lipinski definition) is 0. The second kappa shape index (κ2) is 28.6. The lowest BCUT2D eigenvalue weighted by Crippen LogP contribution is -2.48. The predicted molar refractivity (Wildman–Crippen MR) is 569 cm³/mol. The molecule has 30 rings (SSSR count). The minimum absolute atomic E-state index is 0.134. The highest BCUT2D eigenvalue weighted by molar-refractivity contribution is 6.07. The van der Waals surface area contributed by atoms with Gasteiger partial charge in [0.05, 0.1) is 178 Å². The number of fused-ring (bicyclic) bond motifs is 35. The smallest absolute Gasteiger partial charge is 0.299 e. The average Bonchev–Trinajstić information content (AvgIpc) is 1.55. The highest BCUT2D eigenvalue weighted by Crippen LogP contribution is 2.55. The molecule has 21 heteroatoms. The third-order valence-electron chi connectivity index (χ3n) is 32.8. The monoisotopic (exact) mass is 1860 g/mol. The van der Waals surface area contributed by atoms with Crippen molar-refractivity contribution in [2.45, 2.75) is 186 Å². The number of nitrogens with zero attached hydrogens (tertiary/aromatic N) is 21. The summed E-state index contributed by atoms with van der Waals surface area (Å²) in [6.45, 7) is 37.4. The number of para-hydroxylation sites is 10. The number of amidine groups is 1. The van der Waals surface area contributed by atoms with Crippen LogP contribution in [0.3, 0.4) is 0 Å². The maximum Gasteiger partial charge on any atom is 0.415 e. The molecule has 6 aliphatic rings. The first-order valence-electron chi connectivity index (χ1n) is 53.5. The first-order chi connectivity index (χ1) is 71.0. The number of rotatable bonds is 0. The van der Waals surface area contributed by atoms with E-state index in [0.717, 1.165) is 168 Å². The van der Waals surface area contributed by atoms with E-state index in [9.17, 15) is 0 Å². The van der Waals surface area contributed by atoms with E-state index in [0.29, 0.717) is 11.3 Å². The highest BCUT2D eigenvalue weighted by Gasteiger charge is 2.56. The maximum absolute atomic E-state index is 8.02. The molecule has 1 unspecified atom stereocenters. The van der Waals surface area contributed by atoms with Gasteiger partial charge in [-0.15, -0.1) is 9.15 Å². The fourth-order valence-corrected chi connectivity index (χ4v) is 26.2. The lowest BCUT2D eigenvalue weighted by molar-refractivity contribution is -0.667. The van der Waals surface area contributed by atoms with Crippen molar-refractivity contribution in [3.63, 3.8) is 0 Å². The van der Waals surface area contributed by atoms with E-state index in [1.54, 1.807) is 12.3 Å². The van der Waals surface area contributed by atoms with Gasteiger partial charge < -0.3 is 0 Å². The Hall–Kier alpha value is -15.5. The average molecular weight is 1860 g/mol. The van der Waals surface area contributed by atoms with E-state index in [4.69, 9.17) is 37.3 Å². The van der Waals surface area contributed by atoms with E-state index in [1.807, 2.05) is 103 Å². The van der Waals surface area contributed by atoms with Gasteiger partial charge in [-0.2, -0.15) is 4.57 Å². The summed E-state index contributed by atoms with van der Waals surface area (Å²) < 4.78 is 107. The fourth-order valence-electron chi connectivity index (χ4n) is 26.2. The quantitative estimate of drug-likeness (QED) is 0.139. The minimum atomic E-state index is -2.22. The van der Waals surface area contributed by atoms with Gasteiger partial charge in [-0.25, -0.2) is 38.6 Å². The van der Waals surface area contributed by atoms with Gasteiger partial charge in [0.1, 0.15) is 50.3 Å². The molecular formula is C120H119N21+6. The van der Waals surface area contributed by atoms with E-state index in [2.05, 4.69) is 344 Å². The summed E-state index contributed by atoms with van der Waals surface area (Å²) in [6.07, 6.45) is 8.14. The van der Waals surface area contributed by atoms with Crippen LogP contribution in [0.5, 0.6) is 0 Å². The molecular weight excluding hydrogens is 1740 g/mol. The molecule has 141 heavy (non-hydrogen) atoms. The third-order valence-corrected chi connectivity index (χ3v) is 32.8. The zero-order valence-electron chi connectivity index (χ0n) is 93.3. The summed E-state index contributed by atoms with van der Waals surface area (Å²) in [5.74, 6) is 5.45. The van der Waals surface area contributed by atoms with Crippen LogP contribution in [0.4, 0.5) is 5.69 Å². The Morgan fingerprint density at radius 3 is 1.02 bits per heavy atom. The van der Waals surface area contributed by atoms with E-state index >= 15 is 0 Å². The molecule has 14 aromatic heterocycles. The Balaban J connectivity index is 0.0000000945. The van der Waals surface area contributed by atoms with Gasteiger partial charge in [0, 0.05) is 43.4 Å². The summed E-state index contributed by atoms with van der Waals surface area (Å²) in [7, 11) is 8.17. The summed E-state index contributed by atoms with van der Waals surface area (Å²) in [4.78, 5) is 25.2. The summed E-state index contributed by atoms with van der Waals surface area (Å²) >= 11 is 0. The topological polar surface area (TPSA) is 133 Å². The van der Waals surface area contributed by atoms with Crippen molar-refractivity contribution in [1.29, 1.82) is 0 Å². The first kappa shape index (κ1) is 76.5. The van der Waals surface area contributed by atoms with Gasteiger partial charge in [-0.1, -0.05) is 91.0 Å². The van der Waals surface area contributed by atoms with Crippen molar-refractivity contribution in [2.24, 2.45) is 28.2 Å². The molecule has 10 aromatic carbocycles. The molecule has 0 aliphatic carbocycles. The molecule has 24 aromatic rings. The van der Waals surface area contributed by atoms with Crippen LogP contribution in [0.15, 0.2) is 219 Å². The Morgan fingerprint density at radius 1 is 0.312 bits per heavy atom. The Kier molecular flexibility index (Phi) is 15.5. The van der Waals surface area contributed by atoms with Crippen LogP contribution < -0.4 is 18.3 Å². The molecule has 0 fully saturated rings. The Labute approximate surface area is 830 Å². The van der Waals surface area contributed by atoms with Gasteiger partial charge in [0.2, 0.25) is 63.6 Å². The minimum Gasteiger partial charge on any atom is -0.299 e. The summed E-state index contributed by atoms with van der Waals surface area (Å²) in [6, 6.07) is 68.8. The molecule has 0 spiro atoms. The second-order valence-corrected chi connectivity index (χ2v) is 42.9. The molecule has 0 amide bonds. The van der Waals surface area contributed by atoms with Crippen molar-refractivity contribution in [2.75, 3.05) is 6.98 Å². The zero-order valence-corrected chi connectivity index (χ0v) is 84.3. The van der Waals surface area contributed by atoms with Crippen LogP contribution in [0, 0.1) is 76.0 Å². The lowest BCUT2D eigenvalue weighted by atomic mass is 9.81. The summed E-state index contributed by atoms with van der Waals surface area (Å²) in [5.41, 5.74) is 48.1. The molecule has 6 aliphatic heterocycles. The first-order valence-corrected chi connectivity index (χ1v) is 49.0. The molecule has 0 N–H and O–H groups in total. The van der Waals surface area contributed by atoms with Crippen LogP contribution in [-0.2, 0) is 55.9 Å². The number of benzene rings is 10. The Morgan fingerprint density at radius 2 is 0.645 bits per heavy atom. The number of pyridine rings is 4. The predicted octanol–water partition coefficient (Wildman–Crippen LogP) is 22.9. The number of hydrogen-bond acceptors (Lipinski definition) is 5. The molecule has 1 atom stereocenters. The van der Waals surface area contributed by atoms with Crippen LogP contribution >= 0.6 is 0 Å². The number of aryl methyl sites for hydroxylation is 12. The van der Waals surface area contributed by atoms with Crippen molar-refractivity contribution < 1.29 is 39.8 Å².